The monoisotopic (exact) mass is 384 g/mol. The summed E-state index contributed by atoms with van der Waals surface area (Å²) in [6, 6.07) is 19.4. The second-order valence-electron chi connectivity index (χ2n) is 6.72. The SMILES string of the molecule is N#Cc1cccc(Nc2cnc(C(=O)N3CCN(c4ccccc4)CC3)cn2)c1. The first kappa shape index (κ1) is 18.4. The lowest BCUT2D eigenvalue weighted by atomic mass is 10.2. The highest BCUT2D eigenvalue weighted by atomic mass is 16.2. The van der Waals surface area contributed by atoms with E-state index in [1.807, 2.05) is 29.2 Å². The van der Waals surface area contributed by atoms with Crippen LogP contribution in [-0.2, 0) is 0 Å². The summed E-state index contributed by atoms with van der Waals surface area (Å²) in [5.41, 5.74) is 2.81. The molecule has 7 nitrogen and oxygen atoms in total. The summed E-state index contributed by atoms with van der Waals surface area (Å²) < 4.78 is 0. The van der Waals surface area contributed by atoms with Crippen molar-refractivity contribution in [1.82, 2.24) is 14.9 Å². The van der Waals surface area contributed by atoms with Gasteiger partial charge < -0.3 is 15.1 Å². The number of benzene rings is 2. The molecule has 0 atom stereocenters. The Hall–Kier alpha value is -3.92. The van der Waals surface area contributed by atoms with E-state index in [0.717, 1.165) is 18.8 Å². The first-order chi connectivity index (χ1) is 14.2. The van der Waals surface area contributed by atoms with Crippen molar-refractivity contribution in [3.05, 3.63) is 78.2 Å². The average Bonchev–Trinajstić information content (AvgIpc) is 2.80. The molecule has 2 heterocycles. The second-order valence-corrected chi connectivity index (χ2v) is 6.72. The molecule has 1 fully saturated rings. The van der Waals surface area contributed by atoms with Gasteiger partial charge in [0.25, 0.3) is 5.91 Å². The molecule has 0 bridgehead atoms. The zero-order valence-corrected chi connectivity index (χ0v) is 15.8. The number of carbonyl (C=O) groups is 1. The van der Waals surface area contributed by atoms with Gasteiger partial charge in [-0.3, -0.25) is 4.79 Å². The molecule has 0 saturated carbocycles. The summed E-state index contributed by atoms with van der Waals surface area (Å²) in [5.74, 6) is 0.411. The van der Waals surface area contributed by atoms with Gasteiger partial charge in [-0.2, -0.15) is 5.26 Å². The molecule has 1 aliphatic rings. The van der Waals surface area contributed by atoms with Crippen LogP contribution in [0.4, 0.5) is 17.2 Å². The quantitative estimate of drug-likeness (QED) is 0.744. The molecule has 1 saturated heterocycles. The predicted octanol–water partition coefficient (Wildman–Crippen LogP) is 3.05. The molecule has 29 heavy (non-hydrogen) atoms. The Morgan fingerprint density at radius 1 is 0.966 bits per heavy atom. The van der Waals surface area contributed by atoms with Gasteiger partial charge in [0.05, 0.1) is 24.0 Å². The Kier molecular flexibility index (Phi) is 5.34. The Morgan fingerprint density at radius 3 is 2.45 bits per heavy atom. The normalized spacial score (nSPS) is 13.6. The number of rotatable bonds is 4. The predicted molar refractivity (Wildman–Crippen MR) is 111 cm³/mol. The second kappa shape index (κ2) is 8.40. The fraction of sp³-hybridized carbons (Fsp3) is 0.182. The molecule has 2 aromatic carbocycles. The van der Waals surface area contributed by atoms with Crippen LogP contribution < -0.4 is 10.2 Å². The highest BCUT2D eigenvalue weighted by molar-refractivity contribution is 5.92. The van der Waals surface area contributed by atoms with Gasteiger partial charge in [0.15, 0.2) is 0 Å². The van der Waals surface area contributed by atoms with Crippen molar-refractivity contribution in [3.8, 4) is 6.07 Å². The van der Waals surface area contributed by atoms with E-state index in [0.29, 0.717) is 30.2 Å². The summed E-state index contributed by atoms with van der Waals surface area (Å²) >= 11 is 0. The minimum Gasteiger partial charge on any atom is -0.368 e. The van der Waals surface area contributed by atoms with Crippen molar-refractivity contribution in [2.24, 2.45) is 0 Å². The van der Waals surface area contributed by atoms with Gasteiger partial charge in [0.2, 0.25) is 0 Å². The van der Waals surface area contributed by atoms with E-state index in [-0.39, 0.29) is 5.91 Å². The number of carbonyl (C=O) groups excluding carboxylic acids is 1. The van der Waals surface area contributed by atoms with Crippen LogP contribution in [0.25, 0.3) is 0 Å². The van der Waals surface area contributed by atoms with Crippen molar-refractivity contribution >= 4 is 23.1 Å². The van der Waals surface area contributed by atoms with E-state index < -0.39 is 0 Å². The smallest absolute Gasteiger partial charge is 0.274 e. The average molecular weight is 384 g/mol. The maximum atomic E-state index is 12.7. The molecular formula is C22H20N6O. The van der Waals surface area contributed by atoms with Crippen LogP contribution in [-0.4, -0.2) is 47.0 Å². The number of amides is 1. The maximum Gasteiger partial charge on any atom is 0.274 e. The summed E-state index contributed by atoms with van der Waals surface area (Å²) in [6.07, 6.45) is 3.02. The molecule has 0 aliphatic carbocycles. The number of piperazine rings is 1. The van der Waals surface area contributed by atoms with Gasteiger partial charge in [-0.1, -0.05) is 24.3 Å². The number of para-hydroxylation sites is 1. The molecule has 1 N–H and O–H groups in total. The standard InChI is InChI=1S/C22H20N6O/c23-14-17-5-4-6-18(13-17)26-21-16-24-20(15-25-21)22(29)28-11-9-27(10-12-28)19-7-2-1-3-8-19/h1-8,13,15-16H,9-12H2,(H,25,26). The third kappa shape index (κ3) is 4.33. The molecule has 0 radical (unpaired) electrons. The Balaban J connectivity index is 1.36. The summed E-state index contributed by atoms with van der Waals surface area (Å²) in [5, 5.41) is 12.1. The van der Waals surface area contributed by atoms with Crippen LogP contribution >= 0.6 is 0 Å². The van der Waals surface area contributed by atoms with Gasteiger partial charge in [0, 0.05) is 37.6 Å². The number of nitrogens with one attached hydrogen (secondary N) is 1. The van der Waals surface area contributed by atoms with E-state index in [2.05, 4.69) is 38.4 Å². The molecule has 1 amide bonds. The molecule has 1 aromatic heterocycles. The first-order valence-corrected chi connectivity index (χ1v) is 9.41. The highest BCUT2D eigenvalue weighted by Gasteiger charge is 2.23. The van der Waals surface area contributed by atoms with Gasteiger partial charge >= 0.3 is 0 Å². The van der Waals surface area contributed by atoms with E-state index in [4.69, 9.17) is 5.26 Å². The van der Waals surface area contributed by atoms with E-state index in [1.54, 1.807) is 18.2 Å². The molecule has 1 aliphatic heterocycles. The van der Waals surface area contributed by atoms with Crippen molar-refractivity contribution < 1.29 is 4.79 Å². The molecule has 7 heteroatoms. The van der Waals surface area contributed by atoms with Crippen molar-refractivity contribution in [3.63, 3.8) is 0 Å². The van der Waals surface area contributed by atoms with Crippen molar-refractivity contribution in [2.75, 3.05) is 36.4 Å². The highest BCUT2D eigenvalue weighted by Crippen LogP contribution is 2.18. The Bertz CT molecular complexity index is 1020. The van der Waals surface area contributed by atoms with E-state index in [1.165, 1.54) is 18.1 Å². The number of hydrogen-bond donors (Lipinski definition) is 1. The number of anilines is 3. The first-order valence-electron chi connectivity index (χ1n) is 9.41. The largest absolute Gasteiger partial charge is 0.368 e. The van der Waals surface area contributed by atoms with E-state index >= 15 is 0 Å². The van der Waals surface area contributed by atoms with Crippen LogP contribution in [0.5, 0.6) is 0 Å². The number of aromatic nitrogens is 2. The molecule has 0 spiro atoms. The number of hydrogen-bond acceptors (Lipinski definition) is 6. The topological polar surface area (TPSA) is 85.1 Å². The lowest BCUT2D eigenvalue weighted by molar-refractivity contribution is 0.0740. The van der Waals surface area contributed by atoms with Crippen molar-refractivity contribution in [1.29, 1.82) is 5.26 Å². The Morgan fingerprint density at radius 2 is 1.76 bits per heavy atom. The fourth-order valence-electron chi connectivity index (χ4n) is 3.29. The summed E-state index contributed by atoms with van der Waals surface area (Å²) in [4.78, 5) is 25.4. The molecule has 3 aromatic rings. The number of nitrogens with zero attached hydrogens (tertiary/aromatic N) is 5. The van der Waals surface area contributed by atoms with Crippen LogP contribution in [0, 0.1) is 11.3 Å². The number of nitriles is 1. The summed E-state index contributed by atoms with van der Waals surface area (Å²) in [6.45, 7) is 2.88. The van der Waals surface area contributed by atoms with Crippen LogP contribution in [0.1, 0.15) is 16.1 Å². The van der Waals surface area contributed by atoms with Gasteiger partial charge in [-0.05, 0) is 30.3 Å². The maximum absolute atomic E-state index is 12.7. The molecular weight excluding hydrogens is 364 g/mol. The van der Waals surface area contributed by atoms with Gasteiger partial charge in [-0.25, -0.2) is 9.97 Å². The zero-order valence-electron chi connectivity index (χ0n) is 15.8. The lowest BCUT2D eigenvalue weighted by Gasteiger charge is -2.35. The molecule has 144 valence electrons. The zero-order chi connectivity index (χ0) is 20.1. The Labute approximate surface area is 169 Å². The molecule has 0 unspecified atom stereocenters. The third-order valence-electron chi connectivity index (χ3n) is 4.82. The summed E-state index contributed by atoms with van der Waals surface area (Å²) in [7, 11) is 0. The van der Waals surface area contributed by atoms with Gasteiger partial charge in [-0.15, -0.1) is 0 Å². The van der Waals surface area contributed by atoms with Gasteiger partial charge in [0.1, 0.15) is 11.5 Å². The van der Waals surface area contributed by atoms with Crippen LogP contribution in [0.3, 0.4) is 0 Å². The fourth-order valence-corrected chi connectivity index (χ4v) is 3.29. The van der Waals surface area contributed by atoms with Crippen LogP contribution in [0.2, 0.25) is 0 Å². The minimum absolute atomic E-state index is 0.108. The van der Waals surface area contributed by atoms with Crippen LogP contribution in [0.15, 0.2) is 67.0 Å². The third-order valence-corrected chi connectivity index (χ3v) is 4.82. The minimum atomic E-state index is -0.108. The van der Waals surface area contributed by atoms with E-state index in [9.17, 15) is 4.79 Å². The lowest BCUT2D eigenvalue weighted by Crippen LogP contribution is -2.49. The molecule has 4 rings (SSSR count). The van der Waals surface area contributed by atoms with Crippen molar-refractivity contribution in [2.45, 2.75) is 0 Å².